The lowest BCUT2D eigenvalue weighted by Gasteiger charge is -2.28. The fourth-order valence-corrected chi connectivity index (χ4v) is 10.1. The molecule has 0 N–H and O–H groups in total. The Balaban J connectivity index is 1.19. The molecule has 0 atom stereocenters. The van der Waals surface area contributed by atoms with Gasteiger partial charge in [0.05, 0.1) is 11.0 Å². The fourth-order valence-electron chi connectivity index (χ4n) is 8.86. The minimum Gasteiger partial charge on any atom is -0.310 e. The average molecular weight is 683 g/mol. The van der Waals surface area contributed by atoms with E-state index in [1.54, 1.807) is 0 Å². The molecule has 52 heavy (non-hydrogen) atoms. The summed E-state index contributed by atoms with van der Waals surface area (Å²) in [6.07, 6.45) is 0. The molecule has 2 heterocycles. The molecule has 0 radical (unpaired) electrons. The molecule has 0 fully saturated rings. The Morgan fingerprint density at radius 1 is 0.481 bits per heavy atom. The highest BCUT2D eigenvalue weighted by Crippen LogP contribution is 2.51. The lowest BCUT2D eigenvalue weighted by molar-refractivity contribution is 0.660. The van der Waals surface area contributed by atoms with Gasteiger partial charge < -0.3 is 9.47 Å². The van der Waals surface area contributed by atoms with Gasteiger partial charge in [-0.3, -0.25) is 0 Å². The third-order valence-corrected chi connectivity index (χ3v) is 12.6. The van der Waals surface area contributed by atoms with Crippen molar-refractivity contribution >= 4 is 81.1 Å². The Morgan fingerprint density at radius 2 is 1.15 bits per heavy atom. The fraction of sp³-hybridized carbons (Fsp3) is 0.0612. The molecular formula is C49H34N2S. The van der Waals surface area contributed by atoms with Crippen LogP contribution in [0, 0.1) is 0 Å². The van der Waals surface area contributed by atoms with Crippen molar-refractivity contribution in [3.8, 4) is 16.8 Å². The summed E-state index contributed by atoms with van der Waals surface area (Å²) < 4.78 is 5.13. The van der Waals surface area contributed by atoms with Crippen LogP contribution < -0.4 is 4.90 Å². The molecular weight excluding hydrogens is 649 g/mol. The molecule has 8 aromatic carbocycles. The number of thiophene rings is 1. The number of rotatable bonds is 4. The molecule has 246 valence electrons. The lowest BCUT2D eigenvalue weighted by atomic mass is 9.82. The van der Waals surface area contributed by atoms with E-state index in [2.05, 4.69) is 193 Å². The molecule has 0 aliphatic heterocycles. The number of nitrogens with zero attached hydrogens (tertiary/aromatic N) is 2. The number of benzene rings is 8. The normalized spacial score (nSPS) is 13.3. The number of hydrogen-bond donors (Lipinski definition) is 0. The van der Waals surface area contributed by atoms with E-state index >= 15 is 0 Å². The molecule has 2 aromatic heterocycles. The highest BCUT2D eigenvalue weighted by Gasteiger charge is 2.35. The monoisotopic (exact) mass is 682 g/mol. The molecule has 1 aliphatic carbocycles. The van der Waals surface area contributed by atoms with Crippen LogP contribution in [0.2, 0.25) is 0 Å². The van der Waals surface area contributed by atoms with Crippen LogP contribution in [0.15, 0.2) is 170 Å². The van der Waals surface area contributed by atoms with Gasteiger partial charge in [0.2, 0.25) is 0 Å². The zero-order chi connectivity index (χ0) is 34.6. The molecule has 0 saturated carbocycles. The van der Waals surface area contributed by atoms with Gasteiger partial charge in [0.25, 0.3) is 0 Å². The van der Waals surface area contributed by atoms with E-state index in [0.29, 0.717) is 0 Å². The van der Waals surface area contributed by atoms with Crippen molar-refractivity contribution in [2.45, 2.75) is 19.3 Å². The Bertz CT molecular complexity index is 3050. The summed E-state index contributed by atoms with van der Waals surface area (Å²) >= 11 is 1.90. The van der Waals surface area contributed by atoms with Gasteiger partial charge in [0.15, 0.2) is 0 Å². The number of hydrogen-bond acceptors (Lipinski definition) is 2. The predicted molar refractivity (Wildman–Crippen MR) is 223 cm³/mol. The summed E-state index contributed by atoms with van der Waals surface area (Å²) in [4.78, 5) is 2.45. The van der Waals surface area contributed by atoms with Gasteiger partial charge in [-0.2, -0.15) is 0 Å². The van der Waals surface area contributed by atoms with Gasteiger partial charge in [0.1, 0.15) is 0 Å². The summed E-state index contributed by atoms with van der Waals surface area (Å²) in [6, 6.07) is 62.8. The maximum atomic E-state index is 2.46. The van der Waals surface area contributed by atoms with E-state index in [1.165, 1.54) is 75.0 Å². The second kappa shape index (κ2) is 10.9. The van der Waals surface area contributed by atoms with Crippen LogP contribution in [0.3, 0.4) is 0 Å². The molecule has 2 nitrogen and oxygen atoms in total. The second-order valence-electron chi connectivity index (χ2n) is 14.6. The molecule has 1 aliphatic rings. The van der Waals surface area contributed by atoms with Crippen LogP contribution in [0.1, 0.15) is 25.0 Å². The third-order valence-electron chi connectivity index (χ3n) is 11.3. The molecule has 0 saturated heterocycles. The second-order valence-corrected chi connectivity index (χ2v) is 15.6. The van der Waals surface area contributed by atoms with Crippen molar-refractivity contribution in [1.29, 1.82) is 0 Å². The van der Waals surface area contributed by atoms with Crippen LogP contribution in [0.25, 0.3) is 69.6 Å². The first-order valence-corrected chi connectivity index (χ1v) is 18.8. The van der Waals surface area contributed by atoms with E-state index in [-0.39, 0.29) is 5.41 Å². The van der Waals surface area contributed by atoms with Crippen LogP contribution in [0.5, 0.6) is 0 Å². The van der Waals surface area contributed by atoms with Crippen molar-refractivity contribution < 1.29 is 0 Å². The van der Waals surface area contributed by atoms with Gasteiger partial charge in [-0.1, -0.05) is 123 Å². The molecule has 0 amide bonds. The number of aromatic nitrogens is 1. The topological polar surface area (TPSA) is 8.17 Å². The number of fused-ring (bicyclic) bond motifs is 11. The molecule has 3 heteroatoms. The first-order valence-electron chi connectivity index (χ1n) is 18.0. The van der Waals surface area contributed by atoms with E-state index in [4.69, 9.17) is 0 Å². The van der Waals surface area contributed by atoms with Gasteiger partial charge in [0, 0.05) is 59.1 Å². The summed E-state index contributed by atoms with van der Waals surface area (Å²) in [5.41, 5.74) is 12.3. The van der Waals surface area contributed by atoms with Crippen molar-refractivity contribution in [1.82, 2.24) is 4.57 Å². The van der Waals surface area contributed by atoms with Crippen LogP contribution >= 0.6 is 11.3 Å². The molecule has 0 unspecified atom stereocenters. The average Bonchev–Trinajstić information content (AvgIpc) is 3.80. The first kappa shape index (κ1) is 29.6. The maximum absolute atomic E-state index is 2.46. The maximum Gasteiger partial charge on any atom is 0.0562 e. The van der Waals surface area contributed by atoms with Crippen LogP contribution in [-0.2, 0) is 5.41 Å². The summed E-state index contributed by atoms with van der Waals surface area (Å²) in [6.45, 7) is 4.72. The predicted octanol–water partition coefficient (Wildman–Crippen LogP) is 14.1. The number of para-hydroxylation sites is 1. The Hall–Kier alpha value is -6.16. The summed E-state index contributed by atoms with van der Waals surface area (Å²) in [5, 5.41) is 7.70. The van der Waals surface area contributed by atoms with Crippen molar-refractivity contribution in [3.63, 3.8) is 0 Å². The highest BCUT2D eigenvalue weighted by molar-refractivity contribution is 7.26. The van der Waals surface area contributed by atoms with E-state index in [9.17, 15) is 0 Å². The van der Waals surface area contributed by atoms with Gasteiger partial charge in [-0.15, -0.1) is 11.3 Å². The van der Waals surface area contributed by atoms with E-state index in [1.807, 2.05) is 11.3 Å². The quantitative estimate of drug-likeness (QED) is 0.179. The SMILES string of the molecule is CC1(C)c2ccccc2-c2ccc(N(c3ccc4ccccc4c3)c3ccc4c5c6sc7ccccc7c6ccc5n(-c5ccccc5)c4c3)cc21. The zero-order valence-electron chi connectivity index (χ0n) is 29.0. The summed E-state index contributed by atoms with van der Waals surface area (Å²) in [7, 11) is 0. The minimum atomic E-state index is -0.101. The van der Waals surface area contributed by atoms with Gasteiger partial charge >= 0.3 is 0 Å². The molecule has 0 bridgehead atoms. The van der Waals surface area contributed by atoms with Crippen LogP contribution in [-0.4, -0.2) is 4.57 Å². The third kappa shape index (κ3) is 4.17. The van der Waals surface area contributed by atoms with E-state index < -0.39 is 0 Å². The van der Waals surface area contributed by atoms with Gasteiger partial charge in [-0.05, 0) is 93.7 Å². The summed E-state index contributed by atoms with van der Waals surface area (Å²) in [5.74, 6) is 0. The van der Waals surface area contributed by atoms with Crippen molar-refractivity contribution in [2.75, 3.05) is 4.90 Å². The van der Waals surface area contributed by atoms with Crippen molar-refractivity contribution in [3.05, 3.63) is 181 Å². The molecule has 10 aromatic rings. The molecule has 0 spiro atoms. The Morgan fingerprint density at radius 3 is 2.06 bits per heavy atom. The Labute approximate surface area is 306 Å². The largest absolute Gasteiger partial charge is 0.310 e. The van der Waals surface area contributed by atoms with Crippen molar-refractivity contribution in [2.24, 2.45) is 0 Å². The highest BCUT2D eigenvalue weighted by atomic mass is 32.1. The standard InChI is InChI=1S/C49H34N2S/c1-49(2)42-18-10-8-16-37(42)38-24-22-35(29-43(38)49)50(34-21-20-31-12-6-7-13-32(31)28-34)36-23-25-41-45(30-36)51(33-14-4-3-5-15-33)44-27-26-40-39-17-9-11-19-46(39)52-48(40)47(41)44/h3-30H,1-2H3. The first-order chi connectivity index (χ1) is 25.5. The van der Waals surface area contributed by atoms with E-state index in [0.717, 1.165) is 22.7 Å². The zero-order valence-corrected chi connectivity index (χ0v) is 29.8. The smallest absolute Gasteiger partial charge is 0.0562 e. The lowest BCUT2D eigenvalue weighted by Crippen LogP contribution is -2.16. The number of anilines is 3. The minimum absolute atomic E-state index is 0.101. The van der Waals surface area contributed by atoms with Gasteiger partial charge in [-0.25, -0.2) is 0 Å². The molecule has 11 rings (SSSR count). The van der Waals surface area contributed by atoms with Crippen LogP contribution in [0.4, 0.5) is 17.1 Å². The Kier molecular flexibility index (Phi) is 6.21.